The van der Waals surface area contributed by atoms with Gasteiger partial charge in [-0.2, -0.15) is 0 Å². The second kappa shape index (κ2) is 8.52. The summed E-state index contributed by atoms with van der Waals surface area (Å²) in [5.41, 5.74) is 1.30. The molecule has 154 valence electrons. The molecule has 0 saturated carbocycles. The molecule has 0 spiro atoms. The van der Waals surface area contributed by atoms with Crippen LogP contribution in [0.3, 0.4) is 0 Å². The van der Waals surface area contributed by atoms with Crippen LogP contribution >= 0.6 is 0 Å². The molecule has 1 amide bonds. The summed E-state index contributed by atoms with van der Waals surface area (Å²) in [5, 5.41) is 2.71. The average Bonchev–Trinajstić information content (AvgIpc) is 2.72. The quantitative estimate of drug-likeness (QED) is 0.749. The lowest BCUT2D eigenvalue weighted by atomic mass is 10.1. The van der Waals surface area contributed by atoms with Crippen LogP contribution in [0.4, 0.5) is 11.4 Å². The number of sulfonamides is 1. The zero-order chi connectivity index (χ0) is 21.0. The Kier molecular flexibility index (Phi) is 6.07. The van der Waals surface area contributed by atoms with Gasteiger partial charge in [0.2, 0.25) is 10.0 Å². The maximum atomic E-state index is 12.8. The molecule has 1 heterocycles. The number of esters is 1. The molecule has 1 fully saturated rings. The van der Waals surface area contributed by atoms with Gasteiger partial charge in [0.05, 0.1) is 36.9 Å². The van der Waals surface area contributed by atoms with Crippen molar-refractivity contribution in [1.29, 1.82) is 0 Å². The number of nitrogens with zero attached hydrogens (tertiary/aromatic N) is 1. The highest BCUT2D eigenvalue weighted by atomic mass is 32.2. The first kappa shape index (κ1) is 20.7. The van der Waals surface area contributed by atoms with Crippen LogP contribution < -0.4 is 14.4 Å². The number of amides is 1. The van der Waals surface area contributed by atoms with Crippen LogP contribution in [0, 0.1) is 0 Å². The number of carbonyl (C=O) groups excluding carboxylic acids is 2. The van der Waals surface area contributed by atoms with Crippen molar-refractivity contribution in [2.45, 2.75) is 12.8 Å². The van der Waals surface area contributed by atoms with Crippen molar-refractivity contribution in [2.75, 3.05) is 36.1 Å². The van der Waals surface area contributed by atoms with Gasteiger partial charge in [-0.15, -0.1) is 0 Å². The second-order valence-electron chi connectivity index (χ2n) is 6.51. The number of anilines is 2. The van der Waals surface area contributed by atoms with Gasteiger partial charge >= 0.3 is 5.97 Å². The van der Waals surface area contributed by atoms with Crippen molar-refractivity contribution >= 4 is 33.3 Å². The van der Waals surface area contributed by atoms with Crippen molar-refractivity contribution in [3.63, 3.8) is 0 Å². The Morgan fingerprint density at radius 2 is 1.83 bits per heavy atom. The van der Waals surface area contributed by atoms with E-state index in [1.165, 1.54) is 36.7 Å². The molecule has 29 heavy (non-hydrogen) atoms. The van der Waals surface area contributed by atoms with E-state index >= 15 is 0 Å². The lowest BCUT2D eigenvalue weighted by molar-refractivity contribution is 0.0600. The minimum absolute atomic E-state index is 0.0982. The number of nitrogens with one attached hydrogen (secondary N) is 1. The Bertz CT molecular complexity index is 1040. The van der Waals surface area contributed by atoms with Crippen LogP contribution in [0.5, 0.6) is 5.75 Å². The summed E-state index contributed by atoms with van der Waals surface area (Å²) in [4.78, 5) is 24.5. The molecular weight excluding hydrogens is 396 g/mol. The standard InChI is InChI=1S/C20H22N2O6S/c1-27-18-9-8-15(20(24)28-2)13-17(18)21-19(23)14-6-5-7-16(12-14)22-10-3-4-11-29(22,25)26/h5-9,12-13H,3-4,10-11H2,1-2H3,(H,21,23). The molecule has 0 atom stereocenters. The van der Waals surface area contributed by atoms with E-state index < -0.39 is 21.9 Å². The van der Waals surface area contributed by atoms with Gasteiger partial charge < -0.3 is 14.8 Å². The summed E-state index contributed by atoms with van der Waals surface area (Å²) >= 11 is 0. The van der Waals surface area contributed by atoms with Gasteiger partial charge in [-0.05, 0) is 49.2 Å². The first-order chi connectivity index (χ1) is 13.9. The topological polar surface area (TPSA) is 102 Å². The van der Waals surface area contributed by atoms with Crippen molar-refractivity contribution < 1.29 is 27.5 Å². The molecule has 2 aromatic rings. The molecule has 0 radical (unpaired) electrons. The predicted octanol–water partition coefficient (Wildman–Crippen LogP) is 2.66. The van der Waals surface area contributed by atoms with Gasteiger partial charge in [0.1, 0.15) is 5.75 Å². The molecule has 1 aliphatic heterocycles. The van der Waals surface area contributed by atoms with Gasteiger partial charge in [-0.25, -0.2) is 13.2 Å². The summed E-state index contributed by atoms with van der Waals surface area (Å²) in [6.45, 7) is 0.391. The smallest absolute Gasteiger partial charge is 0.337 e. The van der Waals surface area contributed by atoms with Crippen LogP contribution in [0.1, 0.15) is 33.6 Å². The molecule has 0 aliphatic carbocycles. The molecular formula is C20H22N2O6S. The van der Waals surface area contributed by atoms with E-state index in [1.54, 1.807) is 24.3 Å². The van der Waals surface area contributed by atoms with Crippen LogP contribution in [-0.4, -0.2) is 46.8 Å². The number of carbonyl (C=O) groups is 2. The normalized spacial score (nSPS) is 15.4. The summed E-state index contributed by atoms with van der Waals surface area (Å²) in [7, 11) is -0.659. The highest BCUT2D eigenvalue weighted by Gasteiger charge is 2.26. The summed E-state index contributed by atoms with van der Waals surface area (Å²) < 4.78 is 35.9. The lowest BCUT2D eigenvalue weighted by Crippen LogP contribution is -2.37. The number of hydrogen-bond donors (Lipinski definition) is 1. The minimum atomic E-state index is -3.38. The summed E-state index contributed by atoms with van der Waals surface area (Å²) in [6, 6.07) is 11.0. The third kappa shape index (κ3) is 4.51. The highest BCUT2D eigenvalue weighted by Crippen LogP contribution is 2.28. The Morgan fingerprint density at radius 1 is 1.03 bits per heavy atom. The molecule has 3 rings (SSSR count). The van der Waals surface area contributed by atoms with E-state index in [2.05, 4.69) is 5.32 Å². The molecule has 0 aromatic heterocycles. The zero-order valence-corrected chi connectivity index (χ0v) is 17.0. The number of ether oxygens (including phenoxy) is 2. The maximum absolute atomic E-state index is 12.8. The minimum Gasteiger partial charge on any atom is -0.495 e. The fraction of sp³-hybridized carbons (Fsp3) is 0.300. The van der Waals surface area contributed by atoms with E-state index in [4.69, 9.17) is 9.47 Å². The van der Waals surface area contributed by atoms with E-state index in [0.29, 0.717) is 30.1 Å². The van der Waals surface area contributed by atoms with Crippen molar-refractivity contribution in [3.8, 4) is 5.75 Å². The number of methoxy groups -OCH3 is 2. The molecule has 9 heteroatoms. The summed E-state index contributed by atoms with van der Waals surface area (Å²) in [6.07, 6.45) is 1.41. The molecule has 8 nitrogen and oxygen atoms in total. The van der Waals surface area contributed by atoms with E-state index in [1.807, 2.05) is 0 Å². The predicted molar refractivity (Wildman–Crippen MR) is 109 cm³/mol. The van der Waals surface area contributed by atoms with E-state index in [0.717, 1.165) is 6.42 Å². The molecule has 1 N–H and O–H groups in total. The van der Waals surface area contributed by atoms with Gasteiger partial charge in [0, 0.05) is 12.1 Å². The van der Waals surface area contributed by atoms with Crippen molar-refractivity contribution in [1.82, 2.24) is 0 Å². The average molecular weight is 418 g/mol. The van der Waals surface area contributed by atoms with Crippen LogP contribution in [0.2, 0.25) is 0 Å². The fourth-order valence-corrected chi connectivity index (χ4v) is 4.76. The van der Waals surface area contributed by atoms with Crippen LogP contribution in [0.15, 0.2) is 42.5 Å². The van der Waals surface area contributed by atoms with Gasteiger partial charge in [0.15, 0.2) is 0 Å². The SMILES string of the molecule is COC(=O)c1ccc(OC)c(NC(=O)c2cccc(N3CCCCS3(=O)=O)c2)c1. The first-order valence-corrected chi connectivity index (χ1v) is 10.6. The second-order valence-corrected chi connectivity index (χ2v) is 8.52. The lowest BCUT2D eigenvalue weighted by Gasteiger charge is -2.28. The zero-order valence-electron chi connectivity index (χ0n) is 16.2. The number of hydrogen-bond acceptors (Lipinski definition) is 6. The van der Waals surface area contributed by atoms with Crippen molar-refractivity contribution in [3.05, 3.63) is 53.6 Å². The Hall–Kier alpha value is -3.07. The largest absolute Gasteiger partial charge is 0.495 e. The van der Waals surface area contributed by atoms with Gasteiger partial charge in [0.25, 0.3) is 5.91 Å². The highest BCUT2D eigenvalue weighted by molar-refractivity contribution is 7.92. The third-order valence-corrected chi connectivity index (χ3v) is 6.48. The van der Waals surface area contributed by atoms with Crippen molar-refractivity contribution in [2.24, 2.45) is 0 Å². The van der Waals surface area contributed by atoms with Crippen LogP contribution in [0.25, 0.3) is 0 Å². The molecule has 0 bridgehead atoms. The molecule has 1 aliphatic rings. The Morgan fingerprint density at radius 3 is 2.52 bits per heavy atom. The molecule has 2 aromatic carbocycles. The summed E-state index contributed by atoms with van der Waals surface area (Å²) in [5.74, 6) is -0.524. The number of benzene rings is 2. The first-order valence-electron chi connectivity index (χ1n) is 9.04. The monoisotopic (exact) mass is 418 g/mol. The third-order valence-electron chi connectivity index (χ3n) is 4.61. The van der Waals surface area contributed by atoms with E-state index in [-0.39, 0.29) is 16.9 Å². The maximum Gasteiger partial charge on any atom is 0.337 e. The Balaban J connectivity index is 1.87. The number of rotatable bonds is 5. The molecule has 1 saturated heterocycles. The Labute approximate surface area is 169 Å². The molecule has 0 unspecified atom stereocenters. The van der Waals surface area contributed by atoms with Crippen LogP contribution in [-0.2, 0) is 14.8 Å². The van der Waals surface area contributed by atoms with Gasteiger partial charge in [-0.1, -0.05) is 6.07 Å². The van der Waals surface area contributed by atoms with E-state index in [9.17, 15) is 18.0 Å². The fourth-order valence-electron chi connectivity index (χ4n) is 3.13. The van der Waals surface area contributed by atoms with Gasteiger partial charge in [-0.3, -0.25) is 9.10 Å².